The number of carbonyl (C=O) groups excluding carboxylic acids is 1. The minimum atomic E-state index is -0.492. The SMILES string of the molecule is CC(C)(C)OC(=O)N1CCNCC1c1cnc2ccccc2c1. The van der Waals surface area contributed by atoms with E-state index in [1.807, 2.05) is 51.2 Å². The molecule has 23 heavy (non-hydrogen) atoms. The van der Waals surface area contributed by atoms with Crippen LogP contribution in [0.5, 0.6) is 0 Å². The van der Waals surface area contributed by atoms with Crippen LogP contribution in [-0.4, -0.2) is 41.2 Å². The van der Waals surface area contributed by atoms with Crippen LogP contribution in [0.2, 0.25) is 0 Å². The van der Waals surface area contributed by atoms with Crippen LogP contribution in [0.15, 0.2) is 36.5 Å². The van der Waals surface area contributed by atoms with Crippen LogP contribution in [0.3, 0.4) is 0 Å². The molecule has 1 fully saturated rings. The first kappa shape index (κ1) is 15.7. The van der Waals surface area contributed by atoms with Gasteiger partial charge in [-0.15, -0.1) is 0 Å². The van der Waals surface area contributed by atoms with E-state index in [2.05, 4.69) is 16.4 Å². The van der Waals surface area contributed by atoms with Crippen molar-refractivity contribution in [2.24, 2.45) is 0 Å². The van der Waals surface area contributed by atoms with Crippen LogP contribution in [0.25, 0.3) is 10.9 Å². The summed E-state index contributed by atoms with van der Waals surface area (Å²) in [6.07, 6.45) is 1.59. The number of benzene rings is 1. The predicted molar refractivity (Wildman–Crippen MR) is 90.3 cm³/mol. The molecule has 2 heterocycles. The highest BCUT2D eigenvalue weighted by molar-refractivity contribution is 5.79. The molecule has 2 aromatic rings. The molecule has 5 nitrogen and oxygen atoms in total. The number of nitrogens with one attached hydrogen (secondary N) is 1. The number of ether oxygens (including phenoxy) is 1. The first-order chi connectivity index (χ1) is 10.9. The normalized spacial score (nSPS) is 18.9. The van der Waals surface area contributed by atoms with Gasteiger partial charge in [-0.3, -0.25) is 9.88 Å². The van der Waals surface area contributed by atoms with E-state index in [9.17, 15) is 4.79 Å². The van der Waals surface area contributed by atoms with E-state index >= 15 is 0 Å². The van der Waals surface area contributed by atoms with E-state index in [1.165, 1.54) is 0 Å². The number of pyridine rings is 1. The van der Waals surface area contributed by atoms with Crippen LogP contribution in [0.4, 0.5) is 4.79 Å². The number of rotatable bonds is 1. The van der Waals surface area contributed by atoms with Crippen LogP contribution in [0.1, 0.15) is 32.4 Å². The summed E-state index contributed by atoms with van der Waals surface area (Å²) in [6, 6.07) is 10.1. The Bertz CT molecular complexity index is 709. The highest BCUT2D eigenvalue weighted by atomic mass is 16.6. The fourth-order valence-electron chi connectivity index (χ4n) is 2.81. The van der Waals surface area contributed by atoms with Crippen LogP contribution in [0, 0.1) is 0 Å². The van der Waals surface area contributed by atoms with E-state index < -0.39 is 5.60 Å². The number of fused-ring (bicyclic) bond motifs is 1. The molecule has 1 amide bonds. The lowest BCUT2D eigenvalue weighted by atomic mass is 10.0. The number of amides is 1. The molecule has 5 heteroatoms. The first-order valence-corrected chi connectivity index (χ1v) is 7.99. The molecule has 1 aliphatic heterocycles. The molecule has 0 bridgehead atoms. The van der Waals surface area contributed by atoms with Crippen molar-refractivity contribution in [1.82, 2.24) is 15.2 Å². The van der Waals surface area contributed by atoms with Gasteiger partial charge in [0.05, 0.1) is 11.6 Å². The Morgan fingerprint density at radius 1 is 1.35 bits per heavy atom. The summed E-state index contributed by atoms with van der Waals surface area (Å²) in [4.78, 5) is 18.8. The minimum Gasteiger partial charge on any atom is -0.444 e. The fraction of sp³-hybridized carbons (Fsp3) is 0.444. The molecule has 1 aliphatic rings. The van der Waals surface area contributed by atoms with Crippen molar-refractivity contribution in [2.45, 2.75) is 32.4 Å². The number of aromatic nitrogens is 1. The third-order valence-corrected chi connectivity index (χ3v) is 3.87. The van der Waals surface area contributed by atoms with E-state index in [0.717, 1.165) is 23.0 Å². The molecule has 1 N–H and O–H groups in total. The van der Waals surface area contributed by atoms with Crippen molar-refractivity contribution in [1.29, 1.82) is 0 Å². The van der Waals surface area contributed by atoms with Crippen LogP contribution >= 0.6 is 0 Å². The molecule has 0 saturated carbocycles. The Labute approximate surface area is 136 Å². The number of hydrogen-bond acceptors (Lipinski definition) is 4. The Morgan fingerprint density at radius 3 is 2.91 bits per heavy atom. The third-order valence-electron chi connectivity index (χ3n) is 3.87. The Hall–Kier alpha value is -2.14. The molecule has 0 aliphatic carbocycles. The molecule has 122 valence electrons. The van der Waals surface area contributed by atoms with Gasteiger partial charge >= 0.3 is 6.09 Å². The second-order valence-corrected chi connectivity index (χ2v) is 6.86. The molecule has 3 rings (SSSR count). The van der Waals surface area contributed by atoms with Gasteiger partial charge in [0, 0.05) is 31.2 Å². The molecule has 1 aromatic heterocycles. The topological polar surface area (TPSA) is 54.5 Å². The van der Waals surface area contributed by atoms with Crippen molar-refractivity contribution in [3.05, 3.63) is 42.1 Å². The average Bonchev–Trinajstić information content (AvgIpc) is 2.53. The van der Waals surface area contributed by atoms with Crippen molar-refractivity contribution >= 4 is 17.0 Å². The summed E-state index contributed by atoms with van der Waals surface area (Å²) in [6.45, 7) is 7.78. The van der Waals surface area contributed by atoms with Gasteiger partial charge in [0.2, 0.25) is 0 Å². The molecular weight excluding hydrogens is 290 g/mol. The highest BCUT2D eigenvalue weighted by Crippen LogP contribution is 2.26. The van der Waals surface area contributed by atoms with Gasteiger partial charge in [0.1, 0.15) is 5.60 Å². The van der Waals surface area contributed by atoms with Crippen molar-refractivity contribution in [3.63, 3.8) is 0 Å². The standard InChI is InChI=1S/C18H23N3O2/c1-18(2,3)23-17(22)21-9-8-19-12-16(21)14-10-13-6-4-5-7-15(13)20-11-14/h4-7,10-11,16,19H,8-9,12H2,1-3H3. The summed E-state index contributed by atoms with van der Waals surface area (Å²) in [5.41, 5.74) is 1.50. The molecule has 1 saturated heterocycles. The number of nitrogens with zero attached hydrogens (tertiary/aromatic N) is 2. The van der Waals surface area contributed by atoms with Gasteiger partial charge in [0.15, 0.2) is 0 Å². The Morgan fingerprint density at radius 2 is 2.13 bits per heavy atom. The van der Waals surface area contributed by atoms with Crippen molar-refractivity contribution < 1.29 is 9.53 Å². The quantitative estimate of drug-likeness (QED) is 0.879. The number of para-hydroxylation sites is 1. The Balaban J connectivity index is 1.89. The van der Waals surface area contributed by atoms with Gasteiger partial charge in [-0.1, -0.05) is 18.2 Å². The van der Waals surface area contributed by atoms with Crippen LogP contribution < -0.4 is 5.32 Å². The molecule has 1 aromatic carbocycles. The van der Waals surface area contributed by atoms with Crippen molar-refractivity contribution in [2.75, 3.05) is 19.6 Å². The van der Waals surface area contributed by atoms with Gasteiger partial charge in [-0.05, 0) is 38.5 Å². The second-order valence-electron chi connectivity index (χ2n) is 6.86. The van der Waals surface area contributed by atoms with Gasteiger partial charge in [0.25, 0.3) is 0 Å². The van der Waals surface area contributed by atoms with E-state index in [1.54, 1.807) is 4.90 Å². The average molecular weight is 313 g/mol. The summed E-state index contributed by atoms with van der Waals surface area (Å²) >= 11 is 0. The maximum atomic E-state index is 12.5. The molecular formula is C18H23N3O2. The smallest absolute Gasteiger partial charge is 0.410 e. The van der Waals surface area contributed by atoms with Gasteiger partial charge in [-0.25, -0.2) is 4.79 Å². The zero-order chi connectivity index (χ0) is 16.4. The molecule has 1 unspecified atom stereocenters. The van der Waals surface area contributed by atoms with Gasteiger partial charge in [-0.2, -0.15) is 0 Å². The minimum absolute atomic E-state index is 0.0595. The van der Waals surface area contributed by atoms with Gasteiger partial charge < -0.3 is 10.1 Å². The molecule has 1 atom stereocenters. The number of piperazine rings is 1. The van der Waals surface area contributed by atoms with Crippen LogP contribution in [-0.2, 0) is 4.74 Å². The molecule has 0 radical (unpaired) electrons. The largest absolute Gasteiger partial charge is 0.444 e. The monoisotopic (exact) mass is 313 g/mol. The number of hydrogen-bond donors (Lipinski definition) is 1. The zero-order valence-electron chi connectivity index (χ0n) is 13.9. The summed E-state index contributed by atoms with van der Waals surface area (Å²) < 4.78 is 5.56. The van der Waals surface area contributed by atoms with E-state index in [4.69, 9.17) is 4.74 Å². The lowest BCUT2D eigenvalue weighted by Gasteiger charge is -2.37. The van der Waals surface area contributed by atoms with E-state index in [-0.39, 0.29) is 12.1 Å². The first-order valence-electron chi connectivity index (χ1n) is 7.99. The predicted octanol–water partition coefficient (Wildman–Crippen LogP) is 3.12. The zero-order valence-corrected chi connectivity index (χ0v) is 13.9. The summed E-state index contributed by atoms with van der Waals surface area (Å²) in [5.74, 6) is 0. The molecule has 0 spiro atoms. The lowest BCUT2D eigenvalue weighted by molar-refractivity contribution is 0.0118. The highest BCUT2D eigenvalue weighted by Gasteiger charge is 2.31. The maximum absolute atomic E-state index is 12.5. The van der Waals surface area contributed by atoms with E-state index in [0.29, 0.717) is 13.1 Å². The summed E-state index contributed by atoms with van der Waals surface area (Å²) in [7, 11) is 0. The summed E-state index contributed by atoms with van der Waals surface area (Å²) in [5, 5.41) is 4.43. The third kappa shape index (κ3) is 3.62. The lowest BCUT2D eigenvalue weighted by Crippen LogP contribution is -2.50. The maximum Gasteiger partial charge on any atom is 0.410 e. The Kier molecular flexibility index (Phi) is 4.22. The second kappa shape index (κ2) is 6.16. The number of carbonyl (C=O) groups is 1. The fourth-order valence-corrected chi connectivity index (χ4v) is 2.81. The van der Waals surface area contributed by atoms with Crippen molar-refractivity contribution in [3.8, 4) is 0 Å².